The Morgan fingerprint density at radius 3 is 2.48 bits per heavy atom. The van der Waals surface area contributed by atoms with E-state index in [4.69, 9.17) is 25.8 Å². The van der Waals surface area contributed by atoms with Crippen molar-refractivity contribution in [2.24, 2.45) is 0 Å². The fourth-order valence-electron chi connectivity index (χ4n) is 2.36. The number of fused-ring (bicyclic) bond motifs is 1. The molecule has 0 unspecified atom stereocenters. The highest BCUT2D eigenvalue weighted by Crippen LogP contribution is 2.38. The molecule has 0 bridgehead atoms. The molecule has 0 aliphatic carbocycles. The number of hydrogen-bond donors (Lipinski definition) is 0. The molecule has 1 aliphatic heterocycles. The van der Waals surface area contributed by atoms with Gasteiger partial charge in [0.2, 0.25) is 9.84 Å². The summed E-state index contributed by atoms with van der Waals surface area (Å²) in [5, 5.41) is 0.319. The Morgan fingerprint density at radius 2 is 1.81 bits per heavy atom. The van der Waals surface area contributed by atoms with Crippen LogP contribution in [0.15, 0.2) is 41.3 Å². The second-order valence-corrected chi connectivity index (χ2v) is 7.83. The monoisotopic (exact) mass is 418 g/mol. The molecular weight excluding hydrogens is 406 g/mol. The minimum Gasteiger partial charge on any atom is -0.486 e. The maximum Gasteiger partial charge on any atom is 0.341 e. The van der Waals surface area contributed by atoms with Gasteiger partial charge in [-0.05, 0) is 42.0 Å². The Morgan fingerprint density at radius 1 is 1.15 bits per heavy atom. The van der Waals surface area contributed by atoms with Crippen LogP contribution in [0.2, 0.25) is 5.02 Å². The largest absolute Gasteiger partial charge is 0.486 e. The molecule has 1 aliphatic rings. The van der Waals surface area contributed by atoms with Crippen molar-refractivity contribution in [3.05, 3.63) is 52.5 Å². The maximum atomic E-state index is 12.5. The molecule has 0 spiro atoms. The molecule has 3 rings (SSSR count). The van der Waals surface area contributed by atoms with Crippen LogP contribution in [0.4, 0.5) is 8.78 Å². The summed E-state index contributed by atoms with van der Waals surface area (Å²) in [7, 11) is -4.71. The molecule has 0 N–H and O–H groups in total. The molecule has 0 atom stereocenters. The zero-order valence-corrected chi connectivity index (χ0v) is 15.2. The van der Waals surface area contributed by atoms with Crippen molar-refractivity contribution in [3.8, 4) is 11.5 Å². The van der Waals surface area contributed by atoms with E-state index in [0.717, 1.165) is 24.3 Å². The van der Waals surface area contributed by atoms with E-state index in [0.29, 0.717) is 35.3 Å². The summed E-state index contributed by atoms with van der Waals surface area (Å²) in [6.07, 6.45) is 0. The molecule has 2 aromatic carbocycles. The molecule has 144 valence electrons. The number of sulfone groups is 1. The lowest BCUT2D eigenvalue weighted by Crippen LogP contribution is -2.16. The van der Waals surface area contributed by atoms with E-state index in [1.807, 2.05) is 0 Å². The second-order valence-electron chi connectivity index (χ2n) is 5.51. The van der Waals surface area contributed by atoms with Gasteiger partial charge in [-0.15, -0.1) is 0 Å². The molecule has 0 fully saturated rings. The van der Waals surface area contributed by atoms with E-state index in [1.165, 1.54) is 0 Å². The van der Waals surface area contributed by atoms with Gasteiger partial charge >= 0.3 is 11.7 Å². The Bertz CT molecular complexity index is 960. The normalized spacial score (nSPS) is 13.5. The van der Waals surface area contributed by atoms with Crippen LogP contribution in [-0.2, 0) is 21.2 Å². The molecule has 2 aromatic rings. The number of hydrogen-bond acceptors (Lipinski definition) is 6. The van der Waals surface area contributed by atoms with Crippen molar-refractivity contribution < 1.29 is 36.2 Å². The SMILES string of the molecule is O=C(OCc1cc(Cl)c2c(c1)OCCO2)c1ccc(S(=O)(=O)C(F)F)cc1. The van der Waals surface area contributed by atoms with Gasteiger partial charge in [0.05, 0.1) is 15.5 Å². The third kappa shape index (κ3) is 4.14. The van der Waals surface area contributed by atoms with E-state index < -0.39 is 26.5 Å². The first kappa shape index (κ1) is 19.4. The number of benzene rings is 2. The van der Waals surface area contributed by atoms with Crippen LogP contribution in [0.1, 0.15) is 15.9 Å². The lowest BCUT2D eigenvalue weighted by Gasteiger charge is -2.20. The van der Waals surface area contributed by atoms with Crippen LogP contribution in [0.25, 0.3) is 0 Å². The molecule has 0 amide bonds. The van der Waals surface area contributed by atoms with E-state index in [-0.39, 0.29) is 12.2 Å². The lowest BCUT2D eigenvalue weighted by atomic mass is 10.2. The van der Waals surface area contributed by atoms with Crippen molar-refractivity contribution >= 4 is 27.4 Å². The molecule has 0 radical (unpaired) electrons. The van der Waals surface area contributed by atoms with Crippen LogP contribution in [-0.4, -0.2) is 33.4 Å². The first-order valence-corrected chi connectivity index (χ1v) is 9.59. The highest BCUT2D eigenvalue weighted by Gasteiger charge is 2.26. The Kier molecular flexibility index (Phi) is 5.52. The van der Waals surface area contributed by atoms with Crippen molar-refractivity contribution in [1.29, 1.82) is 0 Å². The predicted molar refractivity (Wildman–Crippen MR) is 91.2 cm³/mol. The number of halogens is 3. The van der Waals surface area contributed by atoms with E-state index in [9.17, 15) is 22.0 Å². The minimum atomic E-state index is -4.71. The third-order valence-electron chi connectivity index (χ3n) is 3.68. The fraction of sp³-hybridized carbons (Fsp3) is 0.235. The molecule has 0 aromatic heterocycles. The predicted octanol–water partition coefficient (Wildman–Crippen LogP) is 3.46. The molecule has 0 saturated carbocycles. The zero-order valence-electron chi connectivity index (χ0n) is 13.7. The van der Waals surface area contributed by atoms with Gasteiger partial charge in [0.1, 0.15) is 19.8 Å². The van der Waals surface area contributed by atoms with Gasteiger partial charge in [-0.1, -0.05) is 11.6 Å². The first-order valence-electron chi connectivity index (χ1n) is 7.66. The Hall–Kier alpha value is -2.39. The number of ether oxygens (including phenoxy) is 3. The number of carbonyl (C=O) groups excluding carboxylic acids is 1. The number of esters is 1. The van der Waals surface area contributed by atoms with Gasteiger partial charge in [-0.25, -0.2) is 13.2 Å². The number of rotatable bonds is 5. The summed E-state index contributed by atoms with van der Waals surface area (Å²) in [6.45, 7) is 0.644. The summed E-state index contributed by atoms with van der Waals surface area (Å²) in [4.78, 5) is 11.5. The minimum absolute atomic E-state index is 0.0202. The average molecular weight is 419 g/mol. The summed E-state index contributed by atoms with van der Waals surface area (Å²) >= 11 is 6.10. The van der Waals surface area contributed by atoms with Crippen LogP contribution in [0.5, 0.6) is 11.5 Å². The molecule has 0 saturated heterocycles. The molecule has 6 nitrogen and oxygen atoms in total. The highest BCUT2D eigenvalue weighted by molar-refractivity contribution is 7.91. The summed E-state index contributed by atoms with van der Waals surface area (Å²) in [5.74, 6) is -3.41. The molecule has 10 heteroatoms. The van der Waals surface area contributed by atoms with Crippen molar-refractivity contribution in [1.82, 2.24) is 0 Å². The average Bonchev–Trinajstić information content (AvgIpc) is 2.66. The van der Waals surface area contributed by atoms with Crippen LogP contribution >= 0.6 is 11.6 Å². The van der Waals surface area contributed by atoms with Crippen LogP contribution < -0.4 is 9.47 Å². The zero-order chi connectivity index (χ0) is 19.6. The van der Waals surface area contributed by atoms with Crippen LogP contribution in [0, 0.1) is 0 Å². The smallest absolute Gasteiger partial charge is 0.341 e. The summed E-state index contributed by atoms with van der Waals surface area (Å²) in [6, 6.07) is 7.27. The topological polar surface area (TPSA) is 78.9 Å². The Balaban J connectivity index is 1.69. The Labute approximate surface area is 158 Å². The molecule has 27 heavy (non-hydrogen) atoms. The number of carbonyl (C=O) groups is 1. The third-order valence-corrected chi connectivity index (χ3v) is 5.36. The van der Waals surface area contributed by atoms with Crippen molar-refractivity contribution in [2.45, 2.75) is 17.3 Å². The van der Waals surface area contributed by atoms with Crippen molar-refractivity contribution in [2.75, 3.05) is 13.2 Å². The first-order chi connectivity index (χ1) is 12.8. The van der Waals surface area contributed by atoms with E-state index >= 15 is 0 Å². The lowest BCUT2D eigenvalue weighted by molar-refractivity contribution is 0.0472. The highest BCUT2D eigenvalue weighted by atomic mass is 35.5. The van der Waals surface area contributed by atoms with E-state index in [2.05, 4.69) is 0 Å². The number of alkyl halides is 2. The van der Waals surface area contributed by atoms with Gasteiger partial charge in [-0.2, -0.15) is 8.78 Å². The van der Waals surface area contributed by atoms with E-state index in [1.54, 1.807) is 12.1 Å². The fourth-order valence-corrected chi connectivity index (χ4v) is 3.37. The van der Waals surface area contributed by atoms with Crippen molar-refractivity contribution in [3.63, 3.8) is 0 Å². The van der Waals surface area contributed by atoms with Gasteiger partial charge in [0.15, 0.2) is 11.5 Å². The summed E-state index contributed by atoms with van der Waals surface area (Å²) in [5.41, 5.74) is 0.585. The quantitative estimate of drug-likeness (QED) is 0.692. The molecule has 1 heterocycles. The maximum absolute atomic E-state index is 12.5. The summed E-state index contributed by atoms with van der Waals surface area (Å²) < 4.78 is 63.7. The van der Waals surface area contributed by atoms with Gasteiger partial charge < -0.3 is 14.2 Å². The standard InChI is InChI=1S/C17H13ClF2O6S/c18-13-7-10(8-14-15(13)25-6-5-24-14)9-26-16(21)11-1-3-12(4-2-11)27(22,23)17(19)20/h1-4,7-8,17H,5-6,9H2. The van der Waals surface area contributed by atoms with Crippen LogP contribution in [0.3, 0.4) is 0 Å². The second kappa shape index (κ2) is 7.69. The van der Waals surface area contributed by atoms with Gasteiger partial charge in [0, 0.05) is 0 Å². The van der Waals surface area contributed by atoms with Gasteiger partial charge in [-0.3, -0.25) is 0 Å². The molecular formula is C17H13ClF2O6S. The van der Waals surface area contributed by atoms with Gasteiger partial charge in [0.25, 0.3) is 0 Å².